The Kier molecular flexibility index (Phi) is 6.10. The number of hydrogen-bond donors (Lipinski definition) is 2. The number of carbonyl (C=O) groups excluding carboxylic acids is 2. The molecule has 0 aliphatic heterocycles. The van der Waals surface area contributed by atoms with Gasteiger partial charge >= 0.3 is 0 Å². The fraction of sp³-hybridized carbons (Fsp3) is 0.200. The molecule has 0 saturated heterocycles. The number of rotatable bonds is 6. The fourth-order valence-corrected chi connectivity index (χ4v) is 3.37. The van der Waals surface area contributed by atoms with E-state index in [1.165, 1.54) is 18.7 Å². The molecular formula is C20H21N5O2S. The molecule has 2 N–H and O–H groups in total. The van der Waals surface area contributed by atoms with Crippen molar-refractivity contribution in [3.05, 3.63) is 54.6 Å². The average molecular weight is 395 g/mol. The second kappa shape index (κ2) is 8.71. The largest absolute Gasteiger partial charge is 0.326 e. The van der Waals surface area contributed by atoms with Crippen molar-refractivity contribution in [1.29, 1.82) is 0 Å². The van der Waals surface area contributed by atoms with Gasteiger partial charge in [0.1, 0.15) is 0 Å². The molecule has 1 aromatic heterocycles. The number of nitrogens with one attached hydrogen (secondary N) is 2. The van der Waals surface area contributed by atoms with Crippen LogP contribution in [0.5, 0.6) is 0 Å². The summed E-state index contributed by atoms with van der Waals surface area (Å²) < 4.78 is 1.88. The number of aromatic nitrogens is 3. The molecule has 1 atom stereocenters. The molecule has 0 saturated carbocycles. The predicted molar refractivity (Wildman–Crippen MR) is 111 cm³/mol. The zero-order chi connectivity index (χ0) is 20.1. The second-order valence-electron chi connectivity index (χ2n) is 6.24. The summed E-state index contributed by atoms with van der Waals surface area (Å²) in [5, 5.41) is 14.3. The molecule has 3 aromatic rings. The minimum absolute atomic E-state index is 0.137. The third-order valence-electron chi connectivity index (χ3n) is 3.99. The van der Waals surface area contributed by atoms with Gasteiger partial charge in [-0.25, -0.2) is 0 Å². The van der Waals surface area contributed by atoms with E-state index >= 15 is 0 Å². The number of hydrogen-bond acceptors (Lipinski definition) is 5. The molecule has 2 amide bonds. The highest BCUT2D eigenvalue weighted by molar-refractivity contribution is 8.00. The van der Waals surface area contributed by atoms with Crippen LogP contribution in [-0.2, 0) is 16.6 Å². The lowest BCUT2D eigenvalue weighted by atomic mass is 10.2. The van der Waals surface area contributed by atoms with E-state index < -0.39 is 0 Å². The zero-order valence-corrected chi connectivity index (χ0v) is 16.7. The Morgan fingerprint density at radius 3 is 2.18 bits per heavy atom. The summed E-state index contributed by atoms with van der Waals surface area (Å²) in [4.78, 5) is 23.6. The number of anilines is 2. The van der Waals surface area contributed by atoms with Crippen LogP contribution in [0.15, 0.2) is 59.8 Å². The monoisotopic (exact) mass is 395 g/mol. The van der Waals surface area contributed by atoms with Gasteiger partial charge in [0.15, 0.2) is 11.0 Å². The van der Waals surface area contributed by atoms with Crippen molar-refractivity contribution in [2.24, 2.45) is 7.05 Å². The zero-order valence-electron chi connectivity index (χ0n) is 15.8. The summed E-state index contributed by atoms with van der Waals surface area (Å²) in [6.45, 7) is 3.27. The first-order valence-corrected chi connectivity index (χ1v) is 9.62. The van der Waals surface area contributed by atoms with Gasteiger partial charge < -0.3 is 15.2 Å². The van der Waals surface area contributed by atoms with Crippen LogP contribution in [0.4, 0.5) is 11.4 Å². The van der Waals surface area contributed by atoms with E-state index in [2.05, 4.69) is 20.8 Å². The van der Waals surface area contributed by atoms with Gasteiger partial charge in [-0.05, 0) is 31.2 Å². The normalized spacial score (nSPS) is 11.7. The van der Waals surface area contributed by atoms with Gasteiger partial charge in [0, 0.05) is 30.9 Å². The lowest BCUT2D eigenvalue weighted by Crippen LogP contribution is -2.22. The molecular weight excluding hydrogens is 374 g/mol. The third kappa shape index (κ3) is 4.77. The van der Waals surface area contributed by atoms with Gasteiger partial charge in [-0.3, -0.25) is 9.59 Å². The first-order valence-electron chi connectivity index (χ1n) is 8.74. The maximum absolute atomic E-state index is 12.5. The first-order chi connectivity index (χ1) is 13.4. The van der Waals surface area contributed by atoms with Crippen molar-refractivity contribution in [2.45, 2.75) is 24.3 Å². The summed E-state index contributed by atoms with van der Waals surface area (Å²) in [7, 11) is 1.88. The van der Waals surface area contributed by atoms with E-state index in [1.807, 2.05) is 48.9 Å². The molecule has 1 heterocycles. The molecule has 0 bridgehead atoms. The van der Waals surface area contributed by atoms with Crippen LogP contribution in [0.2, 0.25) is 0 Å². The number of carbonyl (C=O) groups is 2. The Hall–Kier alpha value is -3.13. The predicted octanol–water partition coefficient (Wildman–Crippen LogP) is 3.56. The number of thioether (sulfide) groups is 1. The van der Waals surface area contributed by atoms with Crippen molar-refractivity contribution in [3.63, 3.8) is 0 Å². The molecule has 0 aliphatic carbocycles. The van der Waals surface area contributed by atoms with Crippen LogP contribution in [-0.4, -0.2) is 31.8 Å². The SMILES string of the molecule is CC(=O)Nc1ccc(NC(=O)[C@@H](C)Sc2nnc(-c3ccccc3)n2C)cc1. The highest BCUT2D eigenvalue weighted by Crippen LogP contribution is 2.26. The Bertz CT molecular complexity index is 970. The number of amides is 2. The van der Waals surface area contributed by atoms with E-state index in [0.29, 0.717) is 16.5 Å². The molecule has 0 aliphatic rings. The van der Waals surface area contributed by atoms with Crippen LogP contribution in [0, 0.1) is 0 Å². The summed E-state index contributed by atoms with van der Waals surface area (Å²) in [5.74, 6) is 0.478. The average Bonchev–Trinajstić information content (AvgIpc) is 3.04. The van der Waals surface area contributed by atoms with Gasteiger partial charge in [0.2, 0.25) is 11.8 Å². The van der Waals surface area contributed by atoms with Crippen LogP contribution in [0.3, 0.4) is 0 Å². The summed E-state index contributed by atoms with van der Waals surface area (Å²) in [6, 6.07) is 16.8. The van der Waals surface area contributed by atoms with Crippen LogP contribution in [0.1, 0.15) is 13.8 Å². The Morgan fingerprint density at radius 1 is 0.964 bits per heavy atom. The topological polar surface area (TPSA) is 88.9 Å². The lowest BCUT2D eigenvalue weighted by Gasteiger charge is -2.12. The molecule has 0 unspecified atom stereocenters. The highest BCUT2D eigenvalue weighted by atomic mass is 32.2. The summed E-state index contributed by atoms with van der Waals surface area (Å²) >= 11 is 1.34. The minimum Gasteiger partial charge on any atom is -0.326 e. The van der Waals surface area contributed by atoms with Crippen molar-refractivity contribution < 1.29 is 9.59 Å². The maximum atomic E-state index is 12.5. The Balaban J connectivity index is 1.63. The Labute approximate surface area is 167 Å². The van der Waals surface area contributed by atoms with Crippen LogP contribution >= 0.6 is 11.8 Å². The smallest absolute Gasteiger partial charge is 0.237 e. The van der Waals surface area contributed by atoms with Crippen LogP contribution < -0.4 is 10.6 Å². The summed E-state index contributed by atoms with van der Waals surface area (Å²) in [5.41, 5.74) is 2.32. The van der Waals surface area contributed by atoms with Crippen molar-refractivity contribution in [2.75, 3.05) is 10.6 Å². The second-order valence-corrected chi connectivity index (χ2v) is 7.55. The molecule has 28 heavy (non-hydrogen) atoms. The molecule has 3 rings (SSSR count). The maximum Gasteiger partial charge on any atom is 0.237 e. The Morgan fingerprint density at radius 2 is 1.57 bits per heavy atom. The molecule has 0 spiro atoms. The third-order valence-corrected chi connectivity index (χ3v) is 5.13. The standard InChI is InChI=1S/C20H21N5O2S/c1-13(19(27)22-17-11-9-16(10-12-17)21-14(2)26)28-20-24-23-18(25(20)3)15-7-5-4-6-8-15/h4-13H,1-3H3,(H,21,26)(H,22,27)/t13-/m1/s1. The number of benzene rings is 2. The molecule has 8 heteroatoms. The number of nitrogens with zero attached hydrogens (tertiary/aromatic N) is 3. The lowest BCUT2D eigenvalue weighted by molar-refractivity contribution is -0.115. The van der Waals surface area contributed by atoms with Gasteiger partial charge in [0.25, 0.3) is 0 Å². The van der Waals surface area contributed by atoms with E-state index in [-0.39, 0.29) is 17.1 Å². The molecule has 144 valence electrons. The first kappa shape index (κ1) is 19.6. The summed E-state index contributed by atoms with van der Waals surface area (Å²) in [6.07, 6.45) is 0. The quantitative estimate of drug-likeness (QED) is 0.623. The van der Waals surface area contributed by atoms with Crippen molar-refractivity contribution in [1.82, 2.24) is 14.8 Å². The molecule has 7 nitrogen and oxygen atoms in total. The molecule has 0 fully saturated rings. The van der Waals surface area contributed by atoms with Crippen LogP contribution in [0.25, 0.3) is 11.4 Å². The molecule has 2 aromatic carbocycles. The van der Waals surface area contributed by atoms with E-state index in [1.54, 1.807) is 24.3 Å². The fourth-order valence-electron chi connectivity index (χ4n) is 2.55. The van der Waals surface area contributed by atoms with E-state index in [4.69, 9.17) is 0 Å². The van der Waals surface area contributed by atoms with Gasteiger partial charge in [-0.1, -0.05) is 42.1 Å². The van der Waals surface area contributed by atoms with E-state index in [0.717, 1.165) is 11.4 Å². The van der Waals surface area contributed by atoms with Gasteiger partial charge in [-0.15, -0.1) is 10.2 Å². The van der Waals surface area contributed by atoms with Crippen molar-refractivity contribution in [3.8, 4) is 11.4 Å². The minimum atomic E-state index is -0.360. The highest BCUT2D eigenvalue weighted by Gasteiger charge is 2.19. The van der Waals surface area contributed by atoms with Gasteiger partial charge in [0.05, 0.1) is 5.25 Å². The van der Waals surface area contributed by atoms with E-state index in [9.17, 15) is 9.59 Å². The van der Waals surface area contributed by atoms with Crippen molar-refractivity contribution >= 4 is 35.0 Å². The molecule has 0 radical (unpaired) electrons. The van der Waals surface area contributed by atoms with Gasteiger partial charge in [-0.2, -0.15) is 0 Å².